The van der Waals surface area contributed by atoms with Crippen molar-refractivity contribution in [2.75, 3.05) is 19.7 Å². The summed E-state index contributed by atoms with van der Waals surface area (Å²) in [7, 11) is 0. The Kier molecular flexibility index (Phi) is 5.35. The van der Waals surface area contributed by atoms with Gasteiger partial charge in [0.15, 0.2) is 0 Å². The predicted molar refractivity (Wildman–Crippen MR) is 80.1 cm³/mol. The number of hydrogen-bond acceptors (Lipinski definition) is 3. The Morgan fingerprint density at radius 3 is 2.67 bits per heavy atom. The molecule has 2 N–H and O–H groups in total. The summed E-state index contributed by atoms with van der Waals surface area (Å²) in [5, 5.41) is 18.6. The van der Waals surface area contributed by atoms with Crippen LogP contribution in [0.3, 0.4) is 0 Å². The van der Waals surface area contributed by atoms with Crippen LogP contribution in [0.2, 0.25) is 0 Å². The van der Waals surface area contributed by atoms with Crippen molar-refractivity contribution in [3.63, 3.8) is 0 Å². The van der Waals surface area contributed by atoms with Crippen LogP contribution in [-0.4, -0.2) is 40.4 Å². The van der Waals surface area contributed by atoms with Gasteiger partial charge in [0, 0.05) is 37.2 Å². The van der Waals surface area contributed by atoms with Crippen LogP contribution in [0.5, 0.6) is 0 Å². The van der Waals surface area contributed by atoms with E-state index in [1.165, 1.54) is 6.07 Å². The second-order valence-corrected chi connectivity index (χ2v) is 5.85. The van der Waals surface area contributed by atoms with Gasteiger partial charge in [-0.05, 0) is 31.9 Å². The smallest absolute Gasteiger partial charge is 0.128 e. The third-order valence-electron chi connectivity index (χ3n) is 3.85. The molecule has 1 aromatic rings. The molecule has 0 unspecified atom stereocenters. The van der Waals surface area contributed by atoms with E-state index in [0.29, 0.717) is 24.1 Å². The molecule has 0 saturated carbocycles. The van der Waals surface area contributed by atoms with Crippen LogP contribution in [0.15, 0.2) is 18.2 Å². The molecule has 2 rings (SSSR count). The minimum atomic E-state index is -0.582. The molecule has 0 radical (unpaired) electrons. The van der Waals surface area contributed by atoms with E-state index < -0.39 is 5.60 Å². The van der Waals surface area contributed by atoms with Crippen molar-refractivity contribution in [2.45, 2.75) is 38.3 Å². The summed E-state index contributed by atoms with van der Waals surface area (Å²) in [6.07, 6.45) is 1.84. The number of rotatable bonds is 3. The van der Waals surface area contributed by atoms with Crippen LogP contribution >= 0.6 is 0 Å². The number of hydrogen-bond donors (Lipinski definition) is 2. The molecule has 21 heavy (non-hydrogen) atoms. The van der Waals surface area contributed by atoms with Crippen molar-refractivity contribution < 1.29 is 14.6 Å². The zero-order valence-electron chi connectivity index (χ0n) is 12.4. The normalized spacial score (nSPS) is 18.1. The minimum Gasteiger partial charge on any atom is -0.395 e. The predicted octanol–water partition coefficient (Wildman–Crippen LogP) is 1.91. The molecule has 1 heterocycles. The van der Waals surface area contributed by atoms with Gasteiger partial charge in [0.2, 0.25) is 0 Å². The maximum Gasteiger partial charge on any atom is 0.128 e. The van der Waals surface area contributed by atoms with Crippen LogP contribution in [0.25, 0.3) is 0 Å². The lowest BCUT2D eigenvalue weighted by atomic mass is 9.93. The van der Waals surface area contributed by atoms with E-state index in [4.69, 9.17) is 5.11 Å². The first-order chi connectivity index (χ1) is 10.00. The number of nitrogens with zero attached hydrogens (tertiary/aromatic N) is 1. The lowest BCUT2D eigenvalue weighted by molar-refractivity contribution is -0.00749. The lowest BCUT2D eigenvalue weighted by Gasteiger charge is -2.35. The van der Waals surface area contributed by atoms with Gasteiger partial charge in [-0.1, -0.05) is 17.9 Å². The van der Waals surface area contributed by atoms with Gasteiger partial charge in [0.1, 0.15) is 5.82 Å². The number of halogens is 1. The summed E-state index contributed by atoms with van der Waals surface area (Å²) in [6, 6.07) is 5.02. The molecule has 0 aliphatic carbocycles. The second kappa shape index (κ2) is 7.04. The van der Waals surface area contributed by atoms with Crippen LogP contribution < -0.4 is 0 Å². The molecule has 114 valence electrons. The SMILES string of the molecule is CC1(O)CCN(Cc2ccc(C#CCCO)cc2F)CC1. The molecule has 4 heteroatoms. The average molecular weight is 291 g/mol. The zero-order chi connectivity index (χ0) is 15.3. The Morgan fingerprint density at radius 1 is 1.33 bits per heavy atom. The van der Waals surface area contributed by atoms with E-state index in [1.54, 1.807) is 6.07 Å². The van der Waals surface area contributed by atoms with Crippen LogP contribution in [0.1, 0.15) is 37.3 Å². The molecular weight excluding hydrogens is 269 g/mol. The number of aliphatic hydroxyl groups excluding tert-OH is 1. The summed E-state index contributed by atoms with van der Waals surface area (Å²) in [6.45, 7) is 4.00. The van der Waals surface area contributed by atoms with E-state index in [2.05, 4.69) is 16.7 Å². The molecule has 0 atom stereocenters. The fraction of sp³-hybridized carbons (Fsp3) is 0.529. The zero-order valence-corrected chi connectivity index (χ0v) is 12.4. The molecule has 3 nitrogen and oxygen atoms in total. The van der Waals surface area contributed by atoms with Crippen LogP contribution in [0.4, 0.5) is 4.39 Å². The molecule has 0 aromatic heterocycles. The quantitative estimate of drug-likeness (QED) is 0.836. The first kappa shape index (κ1) is 16.0. The van der Waals surface area contributed by atoms with Gasteiger partial charge >= 0.3 is 0 Å². The summed E-state index contributed by atoms with van der Waals surface area (Å²) >= 11 is 0. The Morgan fingerprint density at radius 2 is 2.05 bits per heavy atom. The van der Waals surface area contributed by atoms with E-state index in [0.717, 1.165) is 25.9 Å². The number of piperidine rings is 1. The largest absolute Gasteiger partial charge is 0.395 e. The van der Waals surface area contributed by atoms with Crippen molar-refractivity contribution in [3.8, 4) is 11.8 Å². The van der Waals surface area contributed by atoms with Crippen LogP contribution in [0, 0.1) is 17.7 Å². The molecule has 1 fully saturated rings. The standard InChI is InChI=1S/C17H22FNO2/c1-17(21)7-9-19(10-8-17)13-15-6-5-14(12-16(15)18)4-2-3-11-20/h5-6,12,20-21H,3,7-11,13H2,1H3. The van der Waals surface area contributed by atoms with E-state index in [-0.39, 0.29) is 12.4 Å². The topological polar surface area (TPSA) is 43.7 Å². The Bertz CT molecular complexity index is 535. The van der Waals surface area contributed by atoms with Gasteiger partial charge in [-0.3, -0.25) is 4.90 Å². The molecule has 0 bridgehead atoms. The van der Waals surface area contributed by atoms with Gasteiger partial charge in [-0.25, -0.2) is 4.39 Å². The van der Waals surface area contributed by atoms with E-state index in [1.807, 2.05) is 13.0 Å². The number of benzene rings is 1. The maximum atomic E-state index is 14.1. The van der Waals surface area contributed by atoms with Gasteiger partial charge in [0.25, 0.3) is 0 Å². The summed E-state index contributed by atoms with van der Waals surface area (Å²) in [5.74, 6) is 5.37. The van der Waals surface area contributed by atoms with Crippen molar-refractivity contribution in [1.82, 2.24) is 4.90 Å². The van der Waals surface area contributed by atoms with Gasteiger partial charge in [-0.2, -0.15) is 0 Å². The van der Waals surface area contributed by atoms with Crippen LogP contribution in [-0.2, 0) is 6.54 Å². The molecule has 1 aromatic carbocycles. The van der Waals surface area contributed by atoms with Crippen molar-refractivity contribution in [2.24, 2.45) is 0 Å². The third-order valence-corrected chi connectivity index (χ3v) is 3.85. The monoisotopic (exact) mass is 291 g/mol. The summed E-state index contributed by atoms with van der Waals surface area (Å²) in [4.78, 5) is 2.16. The van der Waals surface area contributed by atoms with Crippen molar-refractivity contribution in [3.05, 3.63) is 35.1 Å². The number of aliphatic hydroxyl groups is 2. The molecule has 0 amide bonds. The van der Waals surface area contributed by atoms with Crippen molar-refractivity contribution in [1.29, 1.82) is 0 Å². The minimum absolute atomic E-state index is 0.0201. The lowest BCUT2D eigenvalue weighted by Crippen LogP contribution is -2.42. The summed E-state index contributed by atoms with van der Waals surface area (Å²) < 4.78 is 14.1. The molecular formula is C17H22FNO2. The first-order valence-corrected chi connectivity index (χ1v) is 7.33. The van der Waals surface area contributed by atoms with Crippen molar-refractivity contribution >= 4 is 0 Å². The highest BCUT2D eigenvalue weighted by Crippen LogP contribution is 2.23. The first-order valence-electron chi connectivity index (χ1n) is 7.33. The molecule has 1 aliphatic heterocycles. The van der Waals surface area contributed by atoms with Gasteiger partial charge < -0.3 is 10.2 Å². The Hall–Kier alpha value is -1.41. The second-order valence-electron chi connectivity index (χ2n) is 5.85. The van der Waals surface area contributed by atoms with E-state index in [9.17, 15) is 9.50 Å². The average Bonchev–Trinajstić information content (AvgIpc) is 2.44. The Balaban J connectivity index is 1.97. The summed E-state index contributed by atoms with van der Waals surface area (Å²) in [5.41, 5.74) is 0.705. The van der Waals surface area contributed by atoms with Gasteiger partial charge in [-0.15, -0.1) is 0 Å². The molecule has 0 spiro atoms. The third kappa shape index (κ3) is 4.82. The van der Waals surface area contributed by atoms with Gasteiger partial charge in [0.05, 0.1) is 12.2 Å². The maximum absolute atomic E-state index is 14.1. The fourth-order valence-electron chi connectivity index (χ4n) is 2.41. The number of likely N-dealkylation sites (tertiary alicyclic amines) is 1. The fourth-order valence-corrected chi connectivity index (χ4v) is 2.41. The Labute approximate surface area is 125 Å². The molecule has 1 aliphatic rings. The van der Waals surface area contributed by atoms with E-state index >= 15 is 0 Å². The highest BCUT2D eigenvalue weighted by Gasteiger charge is 2.27. The highest BCUT2D eigenvalue weighted by molar-refractivity contribution is 5.37. The highest BCUT2D eigenvalue weighted by atomic mass is 19.1. The molecule has 1 saturated heterocycles.